The Labute approximate surface area is 227 Å². The van der Waals surface area contributed by atoms with Crippen LogP contribution in [0.5, 0.6) is 0 Å². The number of carbonyl (C=O) groups is 3. The predicted molar refractivity (Wildman–Crippen MR) is 150 cm³/mol. The van der Waals surface area contributed by atoms with Gasteiger partial charge in [0.1, 0.15) is 6.61 Å². The molecule has 0 heterocycles. The second kappa shape index (κ2) is 26.2. The van der Waals surface area contributed by atoms with Crippen LogP contribution in [0.1, 0.15) is 117 Å². The van der Waals surface area contributed by atoms with Gasteiger partial charge in [-0.1, -0.05) is 71.6 Å². The summed E-state index contributed by atoms with van der Waals surface area (Å²) < 4.78 is 16.1. The maximum absolute atomic E-state index is 12.6. The van der Waals surface area contributed by atoms with Gasteiger partial charge in [-0.15, -0.1) is 0 Å². The number of rotatable bonds is 27. The second-order valence-electron chi connectivity index (χ2n) is 10.1. The first kappa shape index (κ1) is 35.6. The van der Waals surface area contributed by atoms with Crippen molar-refractivity contribution in [1.29, 1.82) is 0 Å². The van der Waals surface area contributed by atoms with Crippen LogP contribution in [0.2, 0.25) is 5.82 Å². The maximum atomic E-state index is 12.6. The Hall–Kier alpha value is -1.41. The molecule has 8 heteroatoms. The largest absolute Gasteiger partial charge is 0.466 e. The number of hydrogen-bond acceptors (Lipinski definition) is 7. The highest BCUT2D eigenvalue weighted by Gasteiger charge is 2.19. The van der Waals surface area contributed by atoms with Crippen LogP contribution >= 0.6 is 0 Å². The van der Waals surface area contributed by atoms with E-state index in [1.165, 1.54) is 32.1 Å². The van der Waals surface area contributed by atoms with Crippen LogP contribution in [0.3, 0.4) is 0 Å². The molecule has 0 aromatic carbocycles. The minimum Gasteiger partial charge on any atom is -0.466 e. The van der Waals surface area contributed by atoms with E-state index in [-0.39, 0.29) is 49.9 Å². The summed E-state index contributed by atoms with van der Waals surface area (Å²) >= 11 is 0. The molecule has 0 saturated carbocycles. The molecule has 0 aliphatic rings. The third kappa shape index (κ3) is 23.4. The first-order valence-electron chi connectivity index (χ1n) is 14.8. The normalized spacial score (nSPS) is 12.7. The van der Waals surface area contributed by atoms with Gasteiger partial charge in [0.05, 0.1) is 27.0 Å². The summed E-state index contributed by atoms with van der Waals surface area (Å²) in [6, 6.07) is 0. The number of hydrogen-bond donors (Lipinski definition) is 1. The lowest BCUT2D eigenvalue weighted by atomic mass is 9.89. The summed E-state index contributed by atoms with van der Waals surface area (Å²) in [5.74, 6) is -0.847. The fraction of sp³-hybridized carbons (Fsp3) is 0.897. The molecule has 2 radical (unpaired) electrons. The molecule has 37 heavy (non-hydrogen) atoms. The first-order valence-corrected chi connectivity index (χ1v) is 14.8. The zero-order valence-corrected chi connectivity index (χ0v) is 24.0. The molecule has 214 valence electrons. The summed E-state index contributed by atoms with van der Waals surface area (Å²) in [4.78, 5) is 36.2. The number of Topliss-reactive ketones (excluding diaryl/α,β-unsaturated/α-hetero) is 1. The lowest BCUT2D eigenvalue weighted by Gasteiger charge is -2.16. The molecular formula is C29H54BNO6. The van der Waals surface area contributed by atoms with E-state index < -0.39 is 5.82 Å². The van der Waals surface area contributed by atoms with Crippen molar-refractivity contribution in [3.8, 4) is 0 Å². The molecule has 1 unspecified atom stereocenters. The molecule has 2 atom stereocenters. The smallest absolute Gasteiger partial charge is 0.308 e. The first-order chi connectivity index (χ1) is 17.9. The molecule has 0 aliphatic carbocycles. The van der Waals surface area contributed by atoms with Gasteiger partial charge in [0.25, 0.3) is 0 Å². The summed E-state index contributed by atoms with van der Waals surface area (Å²) in [7, 11) is 7.74. The van der Waals surface area contributed by atoms with E-state index in [0.717, 1.165) is 51.5 Å². The van der Waals surface area contributed by atoms with Gasteiger partial charge < -0.3 is 19.5 Å². The van der Waals surface area contributed by atoms with Crippen molar-refractivity contribution >= 4 is 25.6 Å². The van der Waals surface area contributed by atoms with Gasteiger partial charge in [-0.3, -0.25) is 14.4 Å². The van der Waals surface area contributed by atoms with Crippen molar-refractivity contribution in [3.63, 3.8) is 0 Å². The van der Waals surface area contributed by atoms with Gasteiger partial charge >= 0.3 is 11.9 Å². The molecule has 0 bridgehead atoms. The number of ether oxygens (including phenoxy) is 3. The number of esters is 2. The number of ketones is 1. The van der Waals surface area contributed by atoms with Crippen molar-refractivity contribution in [2.75, 3.05) is 40.0 Å². The van der Waals surface area contributed by atoms with E-state index in [0.29, 0.717) is 25.9 Å². The Balaban J connectivity index is 3.96. The van der Waals surface area contributed by atoms with Crippen LogP contribution in [0, 0.1) is 5.92 Å². The molecular weight excluding hydrogens is 469 g/mol. The SMILES string of the molecule is [B][C@H](COCC(=O)CCCNC)COC(=O)CCCCOC(=O)C(CCCCC)CCCCCCCC. The molecule has 0 saturated heterocycles. The van der Waals surface area contributed by atoms with Crippen molar-refractivity contribution in [2.45, 2.75) is 122 Å². The van der Waals surface area contributed by atoms with Gasteiger partial charge in [0.2, 0.25) is 0 Å². The lowest BCUT2D eigenvalue weighted by molar-refractivity contribution is -0.149. The number of nitrogens with one attached hydrogen (secondary N) is 1. The molecule has 0 fully saturated rings. The average Bonchev–Trinajstić information content (AvgIpc) is 2.88. The highest BCUT2D eigenvalue weighted by Crippen LogP contribution is 2.20. The molecule has 0 amide bonds. The van der Waals surface area contributed by atoms with Crippen molar-refractivity contribution in [1.82, 2.24) is 5.32 Å². The Morgan fingerprint density at radius 1 is 0.757 bits per heavy atom. The summed E-state index contributed by atoms with van der Waals surface area (Å²) in [6.07, 6.45) is 15.2. The Bertz CT molecular complexity index is 575. The van der Waals surface area contributed by atoms with Crippen LogP contribution in [0.25, 0.3) is 0 Å². The Morgan fingerprint density at radius 2 is 1.41 bits per heavy atom. The third-order valence-electron chi connectivity index (χ3n) is 6.35. The fourth-order valence-corrected chi connectivity index (χ4v) is 4.03. The zero-order chi connectivity index (χ0) is 27.6. The van der Waals surface area contributed by atoms with Crippen molar-refractivity contribution in [3.05, 3.63) is 0 Å². The van der Waals surface area contributed by atoms with E-state index in [9.17, 15) is 14.4 Å². The van der Waals surface area contributed by atoms with E-state index in [2.05, 4.69) is 19.2 Å². The Kier molecular flexibility index (Phi) is 25.2. The highest BCUT2D eigenvalue weighted by atomic mass is 16.5. The summed E-state index contributed by atoms with van der Waals surface area (Å²) in [6.45, 7) is 5.77. The van der Waals surface area contributed by atoms with Crippen LogP contribution in [0.4, 0.5) is 0 Å². The minimum absolute atomic E-state index is 0.00459. The van der Waals surface area contributed by atoms with Crippen LogP contribution < -0.4 is 5.32 Å². The predicted octanol–water partition coefficient (Wildman–Crippen LogP) is 5.73. The minimum atomic E-state index is -0.466. The lowest BCUT2D eigenvalue weighted by Crippen LogP contribution is -2.19. The van der Waals surface area contributed by atoms with Crippen molar-refractivity contribution < 1.29 is 28.6 Å². The molecule has 1 N–H and O–H groups in total. The Morgan fingerprint density at radius 3 is 2.11 bits per heavy atom. The van der Waals surface area contributed by atoms with Gasteiger partial charge in [-0.2, -0.15) is 0 Å². The van der Waals surface area contributed by atoms with Crippen LogP contribution in [0.15, 0.2) is 0 Å². The molecule has 0 aromatic heterocycles. The molecule has 0 rings (SSSR count). The van der Waals surface area contributed by atoms with Gasteiger partial charge in [0, 0.05) is 19.4 Å². The topological polar surface area (TPSA) is 90.9 Å². The molecule has 0 aliphatic heterocycles. The van der Waals surface area contributed by atoms with Crippen LogP contribution in [-0.2, 0) is 28.6 Å². The van der Waals surface area contributed by atoms with E-state index in [4.69, 9.17) is 22.1 Å². The van der Waals surface area contributed by atoms with Gasteiger partial charge in [-0.05, 0) is 51.5 Å². The molecule has 0 spiro atoms. The summed E-state index contributed by atoms with van der Waals surface area (Å²) in [5, 5.41) is 2.99. The van der Waals surface area contributed by atoms with Crippen molar-refractivity contribution in [2.24, 2.45) is 5.92 Å². The molecule has 7 nitrogen and oxygen atoms in total. The van der Waals surface area contributed by atoms with E-state index in [1.54, 1.807) is 0 Å². The highest BCUT2D eigenvalue weighted by molar-refractivity contribution is 6.11. The quantitative estimate of drug-likeness (QED) is 0.0835. The van der Waals surface area contributed by atoms with Crippen LogP contribution in [-0.4, -0.2) is 65.6 Å². The monoisotopic (exact) mass is 523 g/mol. The summed E-state index contributed by atoms with van der Waals surface area (Å²) in [5.41, 5.74) is 0. The average molecular weight is 524 g/mol. The zero-order valence-electron chi connectivity index (χ0n) is 24.0. The second-order valence-corrected chi connectivity index (χ2v) is 10.1. The number of carbonyl (C=O) groups excluding carboxylic acids is 3. The van der Waals surface area contributed by atoms with E-state index >= 15 is 0 Å². The third-order valence-corrected chi connectivity index (χ3v) is 6.35. The van der Waals surface area contributed by atoms with E-state index in [1.807, 2.05) is 7.05 Å². The number of unbranched alkanes of at least 4 members (excludes halogenated alkanes) is 8. The maximum Gasteiger partial charge on any atom is 0.308 e. The molecule has 0 aromatic rings. The standard InChI is InChI=1S/C29H54BNO6/c1-4-6-8-9-10-12-17-25(16-11-7-5-2)29(34)36-21-14-13-19-28(33)37-23-26(30)22-35-24-27(32)18-15-20-31-3/h25-26,31H,4-24H2,1-3H3/t25?,26-/m1/s1. The van der Waals surface area contributed by atoms with Gasteiger partial charge in [-0.25, -0.2) is 0 Å². The van der Waals surface area contributed by atoms with Gasteiger partial charge in [0.15, 0.2) is 5.78 Å². The fourth-order valence-electron chi connectivity index (χ4n) is 4.03.